The summed E-state index contributed by atoms with van der Waals surface area (Å²) in [7, 11) is 1.64. The van der Waals surface area contributed by atoms with Crippen molar-refractivity contribution in [1.82, 2.24) is 4.90 Å². The van der Waals surface area contributed by atoms with Crippen LogP contribution in [0.4, 0.5) is 0 Å². The Bertz CT molecular complexity index is 284. The van der Waals surface area contributed by atoms with Gasteiger partial charge in [-0.15, -0.1) is 0 Å². The Kier molecular flexibility index (Phi) is 3.23. The summed E-state index contributed by atoms with van der Waals surface area (Å²) < 4.78 is 0. The molecule has 0 fully saturated rings. The summed E-state index contributed by atoms with van der Waals surface area (Å²) in [6, 6.07) is 2.73. The van der Waals surface area contributed by atoms with E-state index < -0.39 is 0 Å². The molecule has 2 nitrogen and oxygen atoms in total. The Morgan fingerprint density at radius 1 is 1.25 bits per heavy atom. The first-order valence-electron chi connectivity index (χ1n) is 4.06. The fraction of sp³-hybridized carbons (Fsp3) is 0.500. The molecular formula is C10H11NO. The molecule has 1 rings (SSSR count). The van der Waals surface area contributed by atoms with Crippen LogP contribution < -0.4 is 0 Å². The highest BCUT2D eigenvalue weighted by molar-refractivity contribution is 5.94. The summed E-state index contributed by atoms with van der Waals surface area (Å²) >= 11 is 0. The van der Waals surface area contributed by atoms with Gasteiger partial charge < -0.3 is 0 Å². The molecule has 0 spiro atoms. The summed E-state index contributed by atoms with van der Waals surface area (Å²) in [5.41, 5.74) is 0. The lowest BCUT2D eigenvalue weighted by molar-refractivity contribution is -0.121. The van der Waals surface area contributed by atoms with E-state index in [2.05, 4.69) is 23.8 Å². The smallest absolute Gasteiger partial charge is 0.264 e. The van der Waals surface area contributed by atoms with Gasteiger partial charge in [0.2, 0.25) is 0 Å². The molecule has 0 radical (unpaired) electrons. The van der Waals surface area contributed by atoms with Crippen LogP contribution >= 0.6 is 0 Å². The molecule has 1 amide bonds. The van der Waals surface area contributed by atoms with Crippen LogP contribution in [0.5, 0.6) is 0 Å². The monoisotopic (exact) mass is 161 g/mol. The molecule has 0 unspecified atom stereocenters. The minimum absolute atomic E-state index is 0.204. The average Bonchev–Trinajstić information content (AvgIpc) is 2.08. The minimum Gasteiger partial charge on any atom is -0.264 e. The van der Waals surface area contributed by atoms with Gasteiger partial charge in [0.1, 0.15) is 0 Å². The maximum atomic E-state index is 11.1. The van der Waals surface area contributed by atoms with Crippen molar-refractivity contribution in [3.05, 3.63) is 0 Å². The summed E-state index contributed by atoms with van der Waals surface area (Å²) in [6.45, 7) is 0. The number of carbonyl (C=O) groups is 1. The molecule has 0 aromatic carbocycles. The van der Waals surface area contributed by atoms with Crippen LogP contribution in [-0.4, -0.2) is 17.9 Å². The van der Waals surface area contributed by atoms with Crippen molar-refractivity contribution in [3.8, 4) is 23.8 Å². The van der Waals surface area contributed by atoms with E-state index in [1.165, 1.54) is 4.90 Å². The van der Waals surface area contributed by atoms with Crippen molar-refractivity contribution in [2.24, 2.45) is 0 Å². The predicted molar refractivity (Wildman–Crippen MR) is 46.8 cm³/mol. The van der Waals surface area contributed by atoms with Crippen molar-refractivity contribution < 1.29 is 4.79 Å². The molecule has 0 saturated heterocycles. The lowest BCUT2D eigenvalue weighted by Crippen LogP contribution is -2.19. The molecule has 2 heteroatoms. The van der Waals surface area contributed by atoms with Gasteiger partial charge in [0, 0.05) is 25.9 Å². The molecular weight excluding hydrogens is 150 g/mol. The lowest BCUT2D eigenvalue weighted by Gasteiger charge is -2.03. The van der Waals surface area contributed by atoms with Crippen molar-refractivity contribution in [1.29, 1.82) is 0 Å². The van der Waals surface area contributed by atoms with E-state index in [1.807, 2.05) is 0 Å². The van der Waals surface area contributed by atoms with Gasteiger partial charge in [-0.2, -0.15) is 0 Å². The quantitative estimate of drug-likeness (QED) is 0.485. The van der Waals surface area contributed by atoms with Crippen molar-refractivity contribution in [2.75, 3.05) is 7.05 Å². The number of hydrogen-bond donors (Lipinski definition) is 0. The second kappa shape index (κ2) is 4.46. The van der Waals surface area contributed by atoms with Crippen LogP contribution in [0.2, 0.25) is 0 Å². The third-order valence-electron chi connectivity index (χ3n) is 1.60. The fourth-order valence-corrected chi connectivity index (χ4v) is 0.874. The van der Waals surface area contributed by atoms with Crippen LogP contribution in [-0.2, 0) is 4.79 Å². The molecule has 0 aromatic rings. The topological polar surface area (TPSA) is 20.3 Å². The van der Waals surface area contributed by atoms with Gasteiger partial charge in [0.15, 0.2) is 0 Å². The van der Waals surface area contributed by atoms with Crippen LogP contribution in [0.3, 0.4) is 0 Å². The average molecular weight is 161 g/mol. The van der Waals surface area contributed by atoms with Gasteiger partial charge >= 0.3 is 5.91 Å². The molecule has 62 valence electrons. The van der Waals surface area contributed by atoms with Crippen molar-refractivity contribution >= 4 is 5.91 Å². The standard InChI is InChI=1S/C10H11NO/c1-11-9-7-5-3-2-4-6-8-10(11)12/h2-5H2,1H3. The first-order valence-corrected chi connectivity index (χ1v) is 4.06. The minimum atomic E-state index is -0.204. The van der Waals surface area contributed by atoms with E-state index in [0.717, 1.165) is 25.7 Å². The number of nitrogens with zero attached hydrogens (tertiary/aromatic N) is 1. The van der Waals surface area contributed by atoms with Gasteiger partial charge in [-0.1, -0.05) is 11.8 Å². The van der Waals surface area contributed by atoms with Gasteiger partial charge in [-0.25, -0.2) is 0 Å². The van der Waals surface area contributed by atoms with E-state index >= 15 is 0 Å². The zero-order chi connectivity index (χ0) is 8.81. The second-order valence-electron chi connectivity index (χ2n) is 2.66. The number of hydrogen-bond acceptors (Lipinski definition) is 1. The highest BCUT2D eigenvalue weighted by Gasteiger charge is 2.00. The van der Waals surface area contributed by atoms with Crippen molar-refractivity contribution in [3.63, 3.8) is 0 Å². The molecule has 0 atom stereocenters. The fourth-order valence-electron chi connectivity index (χ4n) is 0.874. The Morgan fingerprint density at radius 3 is 2.67 bits per heavy atom. The van der Waals surface area contributed by atoms with Crippen LogP contribution in [0.15, 0.2) is 0 Å². The van der Waals surface area contributed by atoms with E-state index in [0.29, 0.717) is 0 Å². The molecule has 12 heavy (non-hydrogen) atoms. The zero-order valence-corrected chi connectivity index (χ0v) is 7.18. The maximum Gasteiger partial charge on any atom is 0.309 e. The first-order chi connectivity index (χ1) is 5.80. The summed E-state index contributed by atoms with van der Waals surface area (Å²) in [5, 5.41) is 0. The SMILES string of the molecule is CN1C#CCCCCC#CC1=O. The molecule has 1 heterocycles. The third kappa shape index (κ3) is 2.68. The van der Waals surface area contributed by atoms with E-state index in [-0.39, 0.29) is 5.91 Å². The number of amides is 1. The Balaban J connectivity index is 2.67. The molecule has 1 aliphatic heterocycles. The van der Waals surface area contributed by atoms with Gasteiger partial charge in [-0.05, 0) is 18.8 Å². The maximum absolute atomic E-state index is 11.1. The van der Waals surface area contributed by atoms with Crippen molar-refractivity contribution in [2.45, 2.75) is 25.7 Å². The van der Waals surface area contributed by atoms with E-state index in [4.69, 9.17) is 0 Å². The van der Waals surface area contributed by atoms with Gasteiger partial charge in [-0.3, -0.25) is 9.69 Å². The Labute approximate surface area is 72.9 Å². The molecule has 0 aliphatic carbocycles. The van der Waals surface area contributed by atoms with Crippen LogP contribution in [0, 0.1) is 23.8 Å². The van der Waals surface area contributed by atoms with Gasteiger partial charge in [0.05, 0.1) is 0 Å². The number of carbonyl (C=O) groups excluding carboxylic acids is 1. The Morgan fingerprint density at radius 2 is 1.92 bits per heavy atom. The molecule has 0 bridgehead atoms. The highest BCUT2D eigenvalue weighted by Crippen LogP contribution is 1.98. The molecule has 0 saturated carbocycles. The van der Waals surface area contributed by atoms with Gasteiger partial charge in [0.25, 0.3) is 0 Å². The highest BCUT2D eigenvalue weighted by atomic mass is 16.2. The summed E-state index contributed by atoms with van der Waals surface area (Å²) in [5.74, 6) is 8.08. The summed E-state index contributed by atoms with van der Waals surface area (Å²) in [4.78, 5) is 12.4. The first kappa shape index (κ1) is 8.68. The number of rotatable bonds is 0. The second-order valence-corrected chi connectivity index (χ2v) is 2.66. The summed E-state index contributed by atoms with van der Waals surface area (Å²) in [6.07, 6.45) is 3.78. The zero-order valence-electron chi connectivity index (χ0n) is 7.18. The molecule has 0 aromatic heterocycles. The van der Waals surface area contributed by atoms with Crippen LogP contribution in [0.1, 0.15) is 25.7 Å². The largest absolute Gasteiger partial charge is 0.309 e. The molecule has 0 N–H and O–H groups in total. The van der Waals surface area contributed by atoms with E-state index in [1.54, 1.807) is 7.05 Å². The predicted octanol–water partition coefficient (Wildman–Crippen LogP) is 0.983. The lowest BCUT2D eigenvalue weighted by atomic mass is 10.2. The normalized spacial score (nSPS) is 17.1. The Hall–Kier alpha value is -1.41. The molecule has 1 aliphatic rings. The van der Waals surface area contributed by atoms with E-state index in [9.17, 15) is 4.79 Å². The third-order valence-corrected chi connectivity index (χ3v) is 1.60. The van der Waals surface area contributed by atoms with Crippen LogP contribution in [0.25, 0.3) is 0 Å².